The molecule has 1 fully saturated rings. The number of carbonyl (C=O) groups is 2. The molecule has 4 nitrogen and oxygen atoms in total. The van der Waals surface area contributed by atoms with E-state index in [1.807, 2.05) is 12.1 Å². The highest BCUT2D eigenvalue weighted by Gasteiger charge is 2.45. The Balaban J connectivity index is 1.52. The minimum absolute atomic E-state index is 0.134. The summed E-state index contributed by atoms with van der Waals surface area (Å²) in [5.41, 5.74) is 1.41. The second-order valence-electron chi connectivity index (χ2n) is 10.6. The Morgan fingerprint density at radius 3 is 1.77 bits per heavy atom. The summed E-state index contributed by atoms with van der Waals surface area (Å²) in [6.45, 7) is 2.74. The molecule has 6 heteroatoms. The largest absolute Gasteiger partial charge is 0.507 e. The lowest BCUT2D eigenvalue weighted by molar-refractivity contribution is -0.139. The zero-order valence-corrected chi connectivity index (χ0v) is 25.6. The molecule has 1 aliphatic rings. The van der Waals surface area contributed by atoms with Gasteiger partial charge in [-0.05, 0) is 36.2 Å². The summed E-state index contributed by atoms with van der Waals surface area (Å²) in [7, 11) is 0. The van der Waals surface area contributed by atoms with E-state index in [4.69, 9.17) is 11.6 Å². The molecule has 39 heavy (non-hydrogen) atoms. The molecule has 1 amide bonds. The molecule has 1 N–H and O–H groups in total. The third kappa shape index (κ3) is 9.49. The van der Waals surface area contributed by atoms with E-state index in [-0.39, 0.29) is 11.3 Å². The molecule has 3 rings (SSSR count). The van der Waals surface area contributed by atoms with Crippen LogP contribution in [0.3, 0.4) is 0 Å². The maximum atomic E-state index is 13.2. The zero-order chi connectivity index (χ0) is 28.0. The Morgan fingerprint density at radius 2 is 1.26 bits per heavy atom. The summed E-state index contributed by atoms with van der Waals surface area (Å²) in [5, 5.41) is 11.7. The average molecular weight is 617 g/mol. The Labute approximate surface area is 248 Å². The number of nitrogens with zero attached hydrogens (tertiary/aromatic N) is 1. The number of aliphatic hydroxyl groups excluding tert-OH is 1. The molecule has 212 valence electrons. The second-order valence-corrected chi connectivity index (χ2v) is 12.0. The van der Waals surface area contributed by atoms with Gasteiger partial charge in [0.1, 0.15) is 5.76 Å². The third-order valence-electron chi connectivity index (χ3n) is 7.60. The summed E-state index contributed by atoms with van der Waals surface area (Å²) in [4.78, 5) is 27.9. The third-order valence-corrected chi connectivity index (χ3v) is 8.38. The van der Waals surface area contributed by atoms with Crippen LogP contribution in [0.5, 0.6) is 0 Å². The number of aliphatic hydroxyl groups is 1. The van der Waals surface area contributed by atoms with Gasteiger partial charge in [-0.3, -0.25) is 9.59 Å². The molecule has 2 aromatic carbocycles. The fourth-order valence-electron chi connectivity index (χ4n) is 5.34. The van der Waals surface area contributed by atoms with Gasteiger partial charge in [0.2, 0.25) is 0 Å². The molecule has 1 heterocycles. The number of hydrogen-bond acceptors (Lipinski definition) is 3. The van der Waals surface area contributed by atoms with E-state index in [0.29, 0.717) is 17.1 Å². The van der Waals surface area contributed by atoms with Crippen molar-refractivity contribution in [2.24, 2.45) is 0 Å². The number of Topliss-reactive ketones (excluding diaryl/α,β-unsaturated/α-hetero) is 1. The van der Waals surface area contributed by atoms with Crippen LogP contribution in [0.2, 0.25) is 5.02 Å². The van der Waals surface area contributed by atoms with Gasteiger partial charge in [0.25, 0.3) is 11.7 Å². The van der Waals surface area contributed by atoms with Crippen molar-refractivity contribution in [3.63, 3.8) is 0 Å². The molecule has 1 atom stereocenters. The van der Waals surface area contributed by atoms with Crippen molar-refractivity contribution in [3.8, 4) is 0 Å². The van der Waals surface area contributed by atoms with Crippen molar-refractivity contribution in [2.75, 3.05) is 6.54 Å². The van der Waals surface area contributed by atoms with E-state index in [1.165, 1.54) is 70.6 Å². The molecule has 0 spiro atoms. The Kier molecular flexibility index (Phi) is 13.6. The van der Waals surface area contributed by atoms with E-state index < -0.39 is 17.7 Å². The number of ketones is 1. The first kappa shape index (κ1) is 31.4. The van der Waals surface area contributed by atoms with Gasteiger partial charge < -0.3 is 10.0 Å². The number of benzene rings is 2. The second kappa shape index (κ2) is 16.9. The zero-order valence-electron chi connectivity index (χ0n) is 23.3. The molecule has 0 bridgehead atoms. The minimum Gasteiger partial charge on any atom is -0.507 e. The molecule has 0 aliphatic carbocycles. The van der Waals surface area contributed by atoms with Crippen LogP contribution in [0, 0.1) is 0 Å². The summed E-state index contributed by atoms with van der Waals surface area (Å²) in [6.07, 6.45) is 17.6. The highest BCUT2D eigenvalue weighted by molar-refractivity contribution is 9.10. The topological polar surface area (TPSA) is 57.6 Å². The van der Waals surface area contributed by atoms with Crippen LogP contribution < -0.4 is 0 Å². The molecular weight excluding hydrogens is 574 g/mol. The quantitative estimate of drug-likeness (QED) is 0.0833. The monoisotopic (exact) mass is 615 g/mol. The SMILES string of the molecule is CCCCCCCCCCCCCCCCN1C(=O)C(=O)/C(=C(/O)c2ccc(Br)cc2)[C@H]1c1ccc(Cl)cc1. The number of unbranched alkanes of at least 4 members (excludes halogenated alkanes) is 13. The van der Waals surface area contributed by atoms with Crippen molar-refractivity contribution >= 4 is 45.0 Å². The van der Waals surface area contributed by atoms with E-state index in [0.717, 1.165) is 29.3 Å². The van der Waals surface area contributed by atoms with Gasteiger partial charge in [-0.15, -0.1) is 0 Å². The fraction of sp³-hybridized carbons (Fsp3) is 0.515. The Hall–Kier alpha value is -2.11. The Bertz CT molecular complexity index is 1080. The molecule has 2 aromatic rings. The van der Waals surface area contributed by atoms with Gasteiger partial charge in [0, 0.05) is 21.6 Å². The normalized spacial score (nSPS) is 16.8. The number of halogens is 2. The van der Waals surface area contributed by atoms with Gasteiger partial charge in [-0.25, -0.2) is 0 Å². The number of carbonyl (C=O) groups excluding carboxylic acids is 2. The number of hydrogen-bond donors (Lipinski definition) is 1. The van der Waals surface area contributed by atoms with E-state index in [9.17, 15) is 14.7 Å². The molecule has 1 saturated heterocycles. The first-order chi connectivity index (χ1) is 18.9. The summed E-state index contributed by atoms with van der Waals surface area (Å²) in [5.74, 6) is -1.34. The molecule has 0 radical (unpaired) electrons. The van der Waals surface area contributed by atoms with Crippen LogP contribution in [0.1, 0.15) is 114 Å². The van der Waals surface area contributed by atoms with Gasteiger partial charge in [0.05, 0.1) is 11.6 Å². The number of likely N-dealkylation sites (tertiary alicyclic amines) is 1. The lowest BCUT2D eigenvalue weighted by Gasteiger charge is -2.25. The van der Waals surface area contributed by atoms with Crippen molar-refractivity contribution in [3.05, 3.63) is 74.7 Å². The van der Waals surface area contributed by atoms with Gasteiger partial charge in [0.15, 0.2) is 0 Å². The maximum Gasteiger partial charge on any atom is 0.295 e. The van der Waals surface area contributed by atoms with Gasteiger partial charge in [-0.2, -0.15) is 0 Å². The van der Waals surface area contributed by atoms with Crippen LogP contribution in [-0.4, -0.2) is 28.2 Å². The minimum atomic E-state index is -0.638. The number of amides is 1. The molecule has 0 aromatic heterocycles. The van der Waals surface area contributed by atoms with Gasteiger partial charge in [-0.1, -0.05) is 142 Å². The van der Waals surface area contributed by atoms with Crippen LogP contribution in [0.15, 0.2) is 58.6 Å². The summed E-state index contributed by atoms with van der Waals surface area (Å²) >= 11 is 9.51. The predicted molar refractivity (Wildman–Crippen MR) is 165 cm³/mol. The smallest absolute Gasteiger partial charge is 0.295 e. The van der Waals surface area contributed by atoms with E-state index >= 15 is 0 Å². The maximum absolute atomic E-state index is 13.2. The highest BCUT2D eigenvalue weighted by atomic mass is 79.9. The van der Waals surface area contributed by atoms with Crippen molar-refractivity contribution in [1.82, 2.24) is 4.90 Å². The summed E-state index contributed by atoms with van der Waals surface area (Å²) < 4.78 is 0.867. The van der Waals surface area contributed by atoms with Gasteiger partial charge >= 0.3 is 0 Å². The van der Waals surface area contributed by atoms with Crippen LogP contribution in [-0.2, 0) is 9.59 Å². The number of rotatable bonds is 17. The highest BCUT2D eigenvalue weighted by Crippen LogP contribution is 2.40. The average Bonchev–Trinajstić information content (AvgIpc) is 3.18. The molecule has 0 unspecified atom stereocenters. The lowest BCUT2D eigenvalue weighted by Crippen LogP contribution is -2.30. The van der Waals surface area contributed by atoms with Crippen molar-refractivity contribution in [2.45, 2.75) is 103 Å². The van der Waals surface area contributed by atoms with E-state index in [1.54, 1.807) is 41.3 Å². The van der Waals surface area contributed by atoms with Crippen LogP contribution in [0.25, 0.3) is 5.76 Å². The van der Waals surface area contributed by atoms with Crippen molar-refractivity contribution in [1.29, 1.82) is 0 Å². The molecular formula is C33H43BrClNO3. The predicted octanol–water partition coefficient (Wildman–Crippen LogP) is 10.0. The standard InChI is InChI=1S/C33H43BrClNO3/c1-2-3-4-5-6-7-8-9-10-11-12-13-14-15-24-36-30(25-18-22-28(35)23-19-25)29(32(38)33(36)39)31(37)26-16-20-27(34)21-17-26/h16-23,30,37H,2-15,24H2,1H3/b31-29+/t30-/m1/s1. The van der Waals surface area contributed by atoms with Crippen LogP contribution in [0.4, 0.5) is 0 Å². The summed E-state index contributed by atoms with van der Waals surface area (Å²) in [6, 6.07) is 13.6. The molecule has 0 saturated carbocycles. The lowest BCUT2D eigenvalue weighted by atomic mass is 9.95. The fourth-order valence-corrected chi connectivity index (χ4v) is 5.73. The molecule has 1 aliphatic heterocycles. The Morgan fingerprint density at radius 1 is 0.769 bits per heavy atom. The first-order valence-electron chi connectivity index (χ1n) is 14.7. The van der Waals surface area contributed by atoms with E-state index in [2.05, 4.69) is 22.9 Å². The van der Waals surface area contributed by atoms with Crippen LogP contribution >= 0.6 is 27.5 Å². The van der Waals surface area contributed by atoms with Crippen molar-refractivity contribution < 1.29 is 14.7 Å². The first-order valence-corrected chi connectivity index (χ1v) is 15.9.